The summed E-state index contributed by atoms with van der Waals surface area (Å²) in [5, 5.41) is 3.48. The fraction of sp³-hybridized carbons (Fsp3) is 1.00. The van der Waals surface area contributed by atoms with Crippen LogP contribution in [0.25, 0.3) is 0 Å². The molecular weight excluding hydrogens is 178 g/mol. The maximum atomic E-state index is 6.23. The Kier molecular flexibility index (Phi) is 2.58. The maximum absolute atomic E-state index is 6.23. The topological polar surface area (TPSA) is 30.5 Å². The van der Waals surface area contributed by atoms with Gasteiger partial charge in [0.25, 0.3) is 0 Å². The molecule has 0 aromatic carbocycles. The van der Waals surface area contributed by atoms with Crippen molar-refractivity contribution in [1.29, 1.82) is 0 Å². The molecule has 0 aromatic heterocycles. The Labute approximate surface area is 86.2 Å². The van der Waals surface area contributed by atoms with Crippen molar-refractivity contribution in [2.24, 2.45) is 0 Å². The number of morpholine rings is 1. The fourth-order valence-electron chi connectivity index (χ4n) is 2.63. The highest BCUT2D eigenvalue weighted by molar-refractivity contribution is 4.95. The van der Waals surface area contributed by atoms with Crippen molar-refractivity contribution in [2.45, 2.75) is 50.9 Å². The Bertz CT molecular complexity index is 213. The lowest BCUT2D eigenvalue weighted by Gasteiger charge is -2.49. The fourth-order valence-corrected chi connectivity index (χ4v) is 2.63. The van der Waals surface area contributed by atoms with Crippen molar-refractivity contribution in [1.82, 2.24) is 5.32 Å². The van der Waals surface area contributed by atoms with Crippen LogP contribution in [-0.2, 0) is 9.47 Å². The monoisotopic (exact) mass is 199 g/mol. The van der Waals surface area contributed by atoms with E-state index < -0.39 is 0 Å². The molecule has 14 heavy (non-hydrogen) atoms. The summed E-state index contributed by atoms with van der Waals surface area (Å²) in [4.78, 5) is 0. The predicted octanol–water partition coefficient (Wildman–Crippen LogP) is 1.32. The summed E-state index contributed by atoms with van der Waals surface area (Å²) in [7, 11) is 0. The summed E-state index contributed by atoms with van der Waals surface area (Å²) in [5.41, 5.74) is -0.00523. The first kappa shape index (κ1) is 10.4. The minimum atomic E-state index is -0.0324. The number of hydrogen-bond acceptors (Lipinski definition) is 3. The molecule has 1 spiro atoms. The molecule has 2 atom stereocenters. The van der Waals surface area contributed by atoms with Crippen LogP contribution < -0.4 is 5.32 Å². The van der Waals surface area contributed by atoms with E-state index in [4.69, 9.17) is 9.47 Å². The first-order valence-corrected chi connectivity index (χ1v) is 5.54. The van der Waals surface area contributed by atoms with E-state index >= 15 is 0 Å². The van der Waals surface area contributed by atoms with Crippen molar-refractivity contribution >= 4 is 0 Å². The van der Waals surface area contributed by atoms with E-state index in [1.165, 1.54) is 0 Å². The molecular formula is C11H21NO2. The van der Waals surface area contributed by atoms with Gasteiger partial charge in [-0.2, -0.15) is 0 Å². The Morgan fingerprint density at radius 2 is 2.07 bits per heavy atom. The van der Waals surface area contributed by atoms with E-state index in [2.05, 4.69) is 26.1 Å². The van der Waals surface area contributed by atoms with Crippen molar-refractivity contribution in [2.75, 3.05) is 19.7 Å². The predicted molar refractivity (Wildman–Crippen MR) is 55.4 cm³/mol. The molecule has 3 heteroatoms. The number of hydrogen-bond donors (Lipinski definition) is 1. The Balaban J connectivity index is 2.06. The lowest BCUT2D eigenvalue weighted by Crippen LogP contribution is -2.60. The van der Waals surface area contributed by atoms with Gasteiger partial charge >= 0.3 is 0 Å². The zero-order valence-electron chi connectivity index (χ0n) is 9.43. The molecule has 82 valence electrons. The summed E-state index contributed by atoms with van der Waals surface area (Å²) in [6.45, 7) is 9.20. The smallest absolute Gasteiger partial charge is 0.0860 e. The Morgan fingerprint density at radius 3 is 2.71 bits per heavy atom. The van der Waals surface area contributed by atoms with Crippen molar-refractivity contribution < 1.29 is 9.47 Å². The average molecular weight is 199 g/mol. The van der Waals surface area contributed by atoms with Gasteiger partial charge in [0.15, 0.2) is 0 Å². The Hall–Kier alpha value is -0.120. The molecule has 2 heterocycles. The van der Waals surface area contributed by atoms with Gasteiger partial charge in [-0.15, -0.1) is 0 Å². The zero-order chi connectivity index (χ0) is 10.2. The summed E-state index contributed by atoms with van der Waals surface area (Å²) in [5.74, 6) is 0. The first-order valence-electron chi connectivity index (χ1n) is 5.54. The maximum Gasteiger partial charge on any atom is 0.0860 e. The molecule has 0 bridgehead atoms. The zero-order valence-corrected chi connectivity index (χ0v) is 9.43. The van der Waals surface area contributed by atoms with Crippen LogP contribution in [0.1, 0.15) is 33.6 Å². The van der Waals surface area contributed by atoms with E-state index in [-0.39, 0.29) is 11.2 Å². The molecule has 0 aromatic rings. The molecule has 2 fully saturated rings. The molecule has 0 amide bonds. The molecule has 0 saturated carbocycles. The van der Waals surface area contributed by atoms with Crippen molar-refractivity contribution in [3.05, 3.63) is 0 Å². The molecule has 2 saturated heterocycles. The van der Waals surface area contributed by atoms with Gasteiger partial charge < -0.3 is 14.8 Å². The lowest BCUT2D eigenvalue weighted by molar-refractivity contribution is -0.205. The highest BCUT2D eigenvalue weighted by Gasteiger charge is 2.43. The molecule has 2 unspecified atom stereocenters. The lowest BCUT2D eigenvalue weighted by atomic mass is 9.87. The second-order valence-electron chi connectivity index (χ2n) is 5.28. The van der Waals surface area contributed by atoms with Crippen LogP contribution in [0.15, 0.2) is 0 Å². The number of ether oxygens (including phenoxy) is 2. The van der Waals surface area contributed by atoms with E-state index in [1.807, 2.05) is 0 Å². The molecule has 0 aliphatic carbocycles. The molecule has 3 nitrogen and oxygen atoms in total. The van der Waals surface area contributed by atoms with Crippen LogP contribution in [0.4, 0.5) is 0 Å². The highest BCUT2D eigenvalue weighted by Crippen LogP contribution is 2.34. The minimum Gasteiger partial charge on any atom is -0.378 e. The third-order valence-electron chi connectivity index (χ3n) is 3.11. The van der Waals surface area contributed by atoms with E-state index in [9.17, 15) is 0 Å². The van der Waals surface area contributed by atoms with Crippen molar-refractivity contribution in [3.63, 3.8) is 0 Å². The third-order valence-corrected chi connectivity index (χ3v) is 3.11. The molecule has 2 aliphatic rings. The van der Waals surface area contributed by atoms with Crippen LogP contribution in [0, 0.1) is 0 Å². The van der Waals surface area contributed by atoms with E-state index in [0.29, 0.717) is 6.10 Å². The Morgan fingerprint density at radius 1 is 1.29 bits per heavy atom. The highest BCUT2D eigenvalue weighted by atomic mass is 16.5. The SMILES string of the molecule is CC1CC2(CCO1)CNCC(C)(C)O2. The minimum absolute atomic E-state index is 0.0272. The van der Waals surface area contributed by atoms with Gasteiger partial charge in [-0.1, -0.05) is 0 Å². The standard InChI is InChI=1S/C11H21NO2/c1-9-6-11(4-5-13-9)8-12-7-10(2,3)14-11/h9,12H,4-8H2,1-3H3. The summed E-state index contributed by atoms with van der Waals surface area (Å²) in [6.07, 6.45) is 2.37. The van der Waals surface area contributed by atoms with Gasteiger partial charge in [-0.3, -0.25) is 0 Å². The largest absolute Gasteiger partial charge is 0.378 e. The summed E-state index contributed by atoms with van der Waals surface area (Å²) in [6, 6.07) is 0. The van der Waals surface area contributed by atoms with Gasteiger partial charge in [0.2, 0.25) is 0 Å². The first-order chi connectivity index (χ1) is 6.52. The van der Waals surface area contributed by atoms with Gasteiger partial charge in [0.1, 0.15) is 0 Å². The van der Waals surface area contributed by atoms with Gasteiger partial charge in [0, 0.05) is 32.5 Å². The normalized spacial score (nSPS) is 42.6. The van der Waals surface area contributed by atoms with Crippen LogP contribution in [0.5, 0.6) is 0 Å². The van der Waals surface area contributed by atoms with Crippen LogP contribution in [-0.4, -0.2) is 37.0 Å². The quantitative estimate of drug-likeness (QED) is 0.638. The number of nitrogens with one attached hydrogen (secondary N) is 1. The molecule has 2 rings (SSSR count). The van der Waals surface area contributed by atoms with Crippen LogP contribution >= 0.6 is 0 Å². The van der Waals surface area contributed by atoms with Crippen LogP contribution in [0.2, 0.25) is 0 Å². The average Bonchev–Trinajstić information content (AvgIpc) is 2.00. The van der Waals surface area contributed by atoms with Gasteiger partial charge in [-0.25, -0.2) is 0 Å². The number of rotatable bonds is 0. The molecule has 0 radical (unpaired) electrons. The van der Waals surface area contributed by atoms with E-state index in [1.54, 1.807) is 0 Å². The third kappa shape index (κ3) is 2.10. The van der Waals surface area contributed by atoms with Crippen molar-refractivity contribution in [3.8, 4) is 0 Å². The summed E-state index contributed by atoms with van der Waals surface area (Å²) >= 11 is 0. The second-order valence-corrected chi connectivity index (χ2v) is 5.28. The molecule has 1 N–H and O–H groups in total. The van der Waals surface area contributed by atoms with E-state index in [0.717, 1.165) is 32.5 Å². The second kappa shape index (κ2) is 3.47. The summed E-state index contributed by atoms with van der Waals surface area (Å²) < 4.78 is 11.8. The van der Waals surface area contributed by atoms with Gasteiger partial charge in [0.05, 0.1) is 17.3 Å². The van der Waals surface area contributed by atoms with Crippen LogP contribution in [0.3, 0.4) is 0 Å². The molecule has 2 aliphatic heterocycles. The van der Waals surface area contributed by atoms with Gasteiger partial charge in [-0.05, 0) is 20.8 Å².